The second-order valence-corrected chi connectivity index (χ2v) is 6.20. The average Bonchev–Trinajstić information content (AvgIpc) is 2.83. The van der Waals surface area contributed by atoms with Crippen LogP contribution in [0, 0.1) is 5.92 Å². The molecule has 0 aliphatic rings. The van der Waals surface area contributed by atoms with Crippen molar-refractivity contribution in [2.75, 3.05) is 6.54 Å². The maximum atomic E-state index is 10.6. The topological polar surface area (TPSA) is 50.1 Å². The quantitative estimate of drug-likeness (QED) is 0.824. The van der Waals surface area contributed by atoms with Crippen molar-refractivity contribution in [2.45, 2.75) is 45.8 Å². The molecule has 1 aromatic heterocycles. The molecule has 0 spiro atoms. The number of nitrogens with one attached hydrogen (secondary N) is 1. The van der Waals surface area contributed by atoms with Gasteiger partial charge in [-0.1, -0.05) is 26.8 Å². The predicted octanol–water partition coefficient (Wildman–Crippen LogP) is 3.02. The number of nitrogens with zero attached hydrogens (tertiary/aromatic N) is 2. The van der Waals surface area contributed by atoms with Crippen LogP contribution in [0.4, 0.5) is 0 Å². The highest BCUT2D eigenvalue weighted by Gasteiger charge is 2.19. The lowest BCUT2D eigenvalue weighted by Gasteiger charge is -2.24. The number of benzene rings is 1. The summed E-state index contributed by atoms with van der Waals surface area (Å²) in [5.74, 6) is 0.678. The van der Waals surface area contributed by atoms with Crippen molar-refractivity contribution in [3.63, 3.8) is 0 Å². The van der Waals surface area contributed by atoms with Crippen LogP contribution < -0.4 is 5.32 Å². The van der Waals surface area contributed by atoms with Gasteiger partial charge in [-0.25, -0.2) is 4.98 Å². The Labute approximate surface area is 127 Å². The molecular weight excluding hydrogens is 262 g/mol. The number of hydrogen-bond donors (Lipinski definition) is 2. The minimum Gasteiger partial charge on any atom is -0.387 e. The molecule has 0 aliphatic carbocycles. The lowest BCUT2D eigenvalue weighted by molar-refractivity contribution is 0.125. The number of rotatable bonds is 7. The maximum Gasteiger partial charge on any atom is 0.0955 e. The highest BCUT2D eigenvalue weighted by Crippen LogP contribution is 2.23. The van der Waals surface area contributed by atoms with Crippen LogP contribution in [0.5, 0.6) is 0 Å². The minimum atomic E-state index is -0.492. The number of aryl methyl sites for hydroxylation is 1. The Kier molecular flexibility index (Phi) is 5.37. The van der Waals surface area contributed by atoms with Gasteiger partial charge in [-0.3, -0.25) is 0 Å². The predicted molar refractivity (Wildman–Crippen MR) is 87.2 cm³/mol. The van der Waals surface area contributed by atoms with Crippen LogP contribution in [0.3, 0.4) is 0 Å². The highest BCUT2D eigenvalue weighted by atomic mass is 16.3. The second-order valence-electron chi connectivity index (χ2n) is 6.20. The zero-order valence-corrected chi connectivity index (χ0v) is 13.5. The van der Waals surface area contributed by atoms with Gasteiger partial charge in [0.2, 0.25) is 0 Å². The van der Waals surface area contributed by atoms with Crippen molar-refractivity contribution in [1.82, 2.24) is 14.9 Å². The van der Waals surface area contributed by atoms with Crippen LogP contribution in [0.2, 0.25) is 0 Å². The zero-order chi connectivity index (χ0) is 15.4. The molecule has 2 N–H and O–H groups in total. The van der Waals surface area contributed by atoms with Gasteiger partial charge >= 0.3 is 0 Å². The first kappa shape index (κ1) is 16.0. The fourth-order valence-corrected chi connectivity index (χ4v) is 2.61. The van der Waals surface area contributed by atoms with Crippen LogP contribution >= 0.6 is 0 Å². The van der Waals surface area contributed by atoms with E-state index in [-0.39, 0.29) is 6.04 Å². The number of aliphatic hydroxyl groups is 1. The van der Waals surface area contributed by atoms with E-state index in [0.717, 1.165) is 36.0 Å². The summed E-state index contributed by atoms with van der Waals surface area (Å²) in [6.45, 7) is 7.48. The normalized spacial score (nSPS) is 14.8. The largest absolute Gasteiger partial charge is 0.387 e. The molecule has 1 aromatic carbocycles. The minimum absolute atomic E-state index is 0.0879. The molecule has 0 bridgehead atoms. The average molecular weight is 289 g/mol. The number of aromatic nitrogens is 2. The maximum absolute atomic E-state index is 10.6. The number of imidazole rings is 1. The van der Waals surface area contributed by atoms with Crippen LogP contribution in [0.25, 0.3) is 11.0 Å². The van der Waals surface area contributed by atoms with Gasteiger partial charge in [0.15, 0.2) is 0 Å². The first-order chi connectivity index (χ1) is 10.0. The Bertz CT molecular complexity index is 576. The third kappa shape index (κ3) is 3.83. The van der Waals surface area contributed by atoms with E-state index in [1.165, 1.54) is 0 Å². The van der Waals surface area contributed by atoms with Gasteiger partial charge in [0.25, 0.3) is 0 Å². The van der Waals surface area contributed by atoms with E-state index in [0.29, 0.717) is 5.92 Å². The first-order valence-electron chi connectivity index (χ1n) is 7.85. The Balaban J connectivity index is 2.09. The van der Waals surface area contributed by atoms with Gasteiger partial charge in [-0.15, -0.1) is 0 Å². The smallest absolute Gasteiger partial charge is 0.0955 e. The molecule has 2 aromatic rings. The van der Waals surface area contributed by atoms with Gasteiger partial charge < -0.3 is 15.0 Å². The Hall–Kier alpha value is -1.39. The van der Waals surface area contributed by atoms with Crippen LogP contribution in [-0.2, 0) is 7.05 Å². The molecule has 0 aliphatic heterocycles. The SMILES string of the molecule is CCC(NCCC(C)C)C(O)c1ccc2c(c1)ncn2C. The molecule has 0 amide bonds. The lowest BCUT2D eigenvalue weighted by Crippen LogP contribution is -2.35. The molecule has 2 unspecified atom stereocenters. The summed E-state index contributed by atoms with van der Waals surface area (Å²) in [5, 5.41) is 14.1. The molecule has 2 atom stereocenters. The molecule has 0 saturated heterocycles. The van der Waals surface area contributed by atoms with E-state index in [2.05, 4.69) is 31.1 Å². The fraction of sp³-hybridized carbons (Fsp3) is 0.588. The highest BCUT2D eigenvalue weighted by molar-refractivity contribution is 5.76. The van der Waals surface area contributed by atoms with Crippen molar-refractivity contribution in [3.8, 4) is 0 Å². The molecule has 4 heteroatoms. The summed E-state index contributed by atoms with van der Waals surface area (Å²) in [7, 11) is 1.98. The van der Waals surface area contributed by atoms with Crippen molar-refractivity contribution in [2.24, 2.45) is 13.0 Å². The van der Waals surface area contributed by atoms with Crippen LogP contribution in [-0.4, -0.2) is 27.2 Å². The van der Waals surface area contributed by atoms with E-state index in [1.54, 1.807) is 6.33 Å². The fourth-order valence-electron chi connectivity index (χ4n) is 2.61. The Morgan fingerprint density at radius 2 is 2.10 bits per heavy atom. The number of hydrogen-bond acceptors (Lipinski definition) is 3. The van der Waals surface area contributed by atoms with E-state index in [9.17, 15) is 5.11 Å². The summed E-state index contributed by atoms with van der Waals surface area (Å²) in [6, 6.07) is 6.11. The molecule has 116 valence electrons. The molecule has 4 nitrogen and oxygen atoms in total. The summed E-state index contributed by atoms with van der Waals surface area (Å²) in [6.07, 6.45) is 3.34. The van der Waals surface area contributed by atoms with Crippen molar-refractivity contribution in [3.05, 3.63) is 30.1 Å². The van der Waals surface area contributed by atoms with Gasteiger partial charge in [-0.2, -0.15) is 0 Å². The molecule has 0 saturated carbocycles. The van der Waals surface area contributed by atoms with Crippen molar-refractivity contribution < 1.29 is 5.11 Å². The Morgan fingerprint density at radius 1 is 1.33 bits per heavy atom. The number of aliphatic hydroxyl groups excluding tert-OH is 1. The van der Waals surface area contributed by atoms with Gasteiger partial charge in [0, 0.05) is 13.1 Å². The summed E-state index contributed by atoms with van der Waals surface area (Å²) >= 11 is 0. The third-order valence-electron chi connectivity index (χ3n) is 4.04. The molecule has 0 radical (unpaired) electrons. The van der Waals surface area contributed by atoms with Crippen LogP contribution in [0.15, 0.2) is 24.5 Å². The number of fused-ring (bicyclic) bond motifs is 1. The van der Waals surface area contributed by atoms with Crippen LogP contribution in [0.1, 0.15) is 45.3 Å². The first-order valence-corrected chi connectivity index (χ1v) is 7.85. The molecule has 1 heterocycles. The van der Waals surface area contributed by atoms with E-state index < -0.39 is 6.10 Å². The van der Waals surface area contributed by atoms with E-state index in [4.69, 9.17) is 0 Å². The van der Waals surface area contributed by atoms with Gasteiger partial charge in [0.05, 0.1) is 23.5 Å². The third-order valence-corrected chi connectivity index (χ3v) is 4.04. The molecular formula is C17H27N3O. The summed E-state index contributed by atoms with van der Waals surface area (Å²) in [4.78, 5) is 4.36. The molecule has 2 rings (SSSR count). The lowest BCUT2D eigenvalue weighted by atomic mass is 9.99. The Morgan fingerprint density at radius 3 is 2.76 bits per heavy atom. The summed E-state index contributed by atoms with van der Waals surface area (Å²) < 4.78 is 1.99. The standard InChI is InChI=1S/C17H27N3O/c1-5-14(18-9-8-12(2)3)17(21)13-6-7-16-15(10-13)19-11-20(16)4/h6-7,10-12,14,17-18,21H,5,8-9H2,1-4H3. The monoisotopic (exact) mass is 289 g/mol. The van der Waals surface area contributed by atoms with E-state index in [1.807, 2.05) is 29.8 Å². The van der Waals surface area contributed by atoms with Crippen molar-refractivity contribution >= 4 is 11.0 Å². The zero-order valence-electron chi connectivity index (χ0n) is 13.5. The summed E-state index contributed by atoms with van der Waals surface area (Å²) in [5.41, 5.74) is 2.96. The van der Waals surface area contributed by atoms with Gasteiger partial charge in [-0.05, 0) is 43.0 Å². The molecule has 21 heavy (non-hydrogen) atoms. The van der Waals surface area contributed by atoms with Crippen molar-refractivity contribution in [1.29, 1.82) is 0 Å². The molecule has 0 fully saturated rings. The second kappa shape index (κ2) is 7.05. The van der Waals surface area contributed by atoms with Gasteiger partial charge in [0.1, 0.15) is 0 Å². The van der Waals surface area contributed by atoms with E-state index >= 15 is 0 Å².